The number of ether oxygens (including phenoxy) is 1. The Morgan fingerprint density at radius 1 is 1.25 bits per heavy atom. The first-order valence-electron chi connectivity index (χ1n) is 6.99. The molecule has 0 saturated carbocycles. The molecule has 0 aliphatic heterocycles. The molecule has 2 heterocycles. The lowest BCUT2D eigenvalue weighted by Gasteiger charge is -2.19. The third-order valence-electron chi connectivity index (χ3n) is 3.18. The zero-order valence-electron chi connectivity index (χ0n) is 12.1. The van der Waals surface area contributed by atoms with Gasteiger partial charge in [-0.05, 0) is 56.5 Å². The second kappa shape index (κ2) is 7.22. The zero-order valence-corrected chi connectivity index (χ0v) is 12.1. The van der Waals surface area contributed by atoms with Gasteiger partial charge in [-0.2, -0.15) is 0 Å². The summed E-state index contributed by atoms with van der Waals surface area (Å²) in [5.41, 5.74) is 7.25. The molecule has 0 aromatic carbocycles. The van der Waals surface area contributed by atoms with Gasteiger partial charge in [0.15, 0.2) is 0 Å². The van der Waals surface area contributed by atoms with Crippen molar-refractivity contribution in [3.05, 3.63) is 53.7 Å². The lowest BCUT2D eigenvalue weighted by atomic mass is 10.1. The third kappa shape index (κ3) is 4.18. The first-order valence-corrected chi connectivity index (χ1v) is 6.99. The van der Waals surface area contributed by atoms with Gasteiger partial charge in [0.25, 0.3) is 0 Å². The van der Waals surface area contributed by atoms with Gasteiger partial charge in [-0.15, -0.1) is 0 Å². The van der Waals surface area contributed by atoms with Gasteiger partial charge in [-0.3, -0.25) is 4.98 Å². The molecule has 2 atom stereocenters. The molecule has 0 saturated heterocycles. The summed E-state index contributed by atoms with van der Waals surface area (Å²) in [6.45, 7) is 4.52. The summed E-state index contributed by atoms with van der Waals surface area (Å²) in [5, 5.41) is 0. The van der Waals surface area contributed by atoms with E-state index in [9.17, 15) is 0 Å². The molecule has 20 heavy (non-hydrogen) atoms. The molecule has 2 aromatic heterocycles. The zero-order chi connectivity index (χ0) is 14.4. The normalized spacial score (nSPS) is 14.2. The number of nitrogens with two attached hydrogens (primary N) is 1. The number of pyridine rings is 1. The van der Waals surface area contributed by atoms with E-state index in [4.69, 9.17) is 14.9 Å². The van der Waals surface area contributed by atoms with Crippen LogP contribution in [0.1, 0.15) is 36.5 Å². The molecular formula is C16H22N2O2. The van der Waals surface area contributed by atoms with Gasteiger partial charge in [0.2, 0.25) is 0 Å². The maximum absolute atomic E-state index is 5.98. The second-order valence-electron chi connectivity index (χ2n) is 5.06. The van der Waals surface area contributed by atoms with Crippen LogP contribution in [0.5, 0.6) is 0 Å². The molecule has 2 N–H and O–H groups in total. The van der Waals surface area contributed by atoms with Gasteiger partial charge in [0.1, 0.15) is 17.6 Å². The van der Waals surface area contributed by atoms with Crippen LogP contribution in [0, 0.1) is 6.92 Å². The van der Waals surface area contributed by atoms with Gasteiger partial charge in [0.05, 0.1) is 0 Å². The molecule has 0 bridgehead atoms. The van der Waals surface area contributed by atoms with Crippen LogP contribution in [0.25, 0.3) is 0 Å². The molecule has 0 amide bonds. The fourth-order valence-electron chi connectivity index (χ4n) is 2.14. The molecule has 2 rings (SSSR count). The van der Waals surface area contributed by atoms with E-state index in [1.165, 1.54) is 5.56 Å². The Morgan fingerprint density at radius 3 is 2.60 bits per heavy atom. The Morgan fingerprint density at radius 2 is 2.00 bits per heavy atom. The van der Waals surface area contributed by atoms with Gasteiger partial charge < -0.3 is 14.9 Å². The third-order valence-corrected chi connectivity index (χ3v) is 3.18. The molecular weight excluding hydrogens is 252 g/mol. The van der Waals surface area contributed by atoms with Crippen molar-refractivity contribution < 1.29 is 9.15 Å². The summed E-state index contributed by atoms with van der Waals surface area (Å²) in [6, 6.07) is 7.83. The fraction of sp³-hybridized carbons (Fsp3) is 0.438. The van der Waals surface area contributed by atoms with E-state index in [0.717, 1.165) is 24.4 Å². The number of aryl methyl sites for hydroxylation is 2. The maximum atomic E-state index is 5.98. The Kier molecular flexibility index (Phi) is 5.32. The topological polar surface area (TPSA) is 61.3 Å². The first-order chi connectivity index (χ1) is 9.66. The van der Waals surface area contributed by atoms with Crippen LogP contribution in [0.15, 0.2) is 41.1 Å². The van der Waals surface area contributed by atoms with Gasteiger partial charge in [-0.1, -0.05) is 0 Å². The summed E-state index contributed by atoms with van der Waals surface area (Å²) in [7, 11) is 0. The minimum atomic E-state index is -0.179. The molecule has 0 aliphatic carbocycles. The first kappa shape index (κ1) is 14.8. The lowest BCUT2D eigenvalue weighted by Crippen LogP contribution is -2.27. The Hall–Kier alpha value is -1.65. The highest BCUT2D eigenvalue weighted by molar-refractivity contribution is 5.10. The van der Waals surface area contributed by atoms with E-state index in [2.05, 4.69) is 4.98 Å². The van der Waals surface area contributed by atoms with Gasteiger partial charge in [0, 0.05) is 25.0 Å². The number of nitrogens with zero attached hydrogens (tertiary/aromatic N) is 1. The predicted octanol–water partition coefficient (Wildman–Crippen LogP) is 3.02. The smallest absolute Gasteiger partial charge is 0.134 e. The molecule has 0 fully saturated rings. The van der Waals surface area contributed by atoms with E-state index < -0.39 is 0 Å². The van der Waals surface area contributed by atoms with Crippen molar-refractivity contribution in [3.8, 4) is 0 Å². The average molecular weight is 274 g/mol. The highest BCUT2D eigenvalue weighted by Gasteiger charge is 2.20. The highest BCUT2D eigenvalue weighted by Crippen LogP contribution is 2.22. The monoisotopic (exact) mass is 274 g/mol. The number of furan rings is 1. The summed E-state index contributed by atoms with van der Waals surface area (Å²) in [6.07, 6.45) is 5.37. The van der Waals surface area contributed by atoms with Crippen LogP contribution in [0.3, 0.4) is 0 Å². The van der Waals surface area contributed by atoms with Crippen molar-refractivity contribution in [2.24, 2.45) is 5.73 Å². The molecule has 0 radical (unpaired) electrons. The Balaban J connectivity index is 1.81. The predicted molar refractivity (Wildman–Crippen MR) is 78.3 cm³/mol. The van der Waals surface area contributed by atoms with Crippen LogP contribution < -0.4 is 5.73 Å². The van der Waals surface area contributed by atoms with Crippen molar-refractivity contribution in [2.75, 3.05) is 6.61 Å². The minimum absolute atomic E-state index is 0.0959. The minimum Gasteiger partial charge on any atom is -0.464 e. The quantitative estimate of drug-likeness (QED) is 0.788. The molecule has 0 spiro atoms. The molecule has 4 nitrogen and oxygen atoms in total. The molecule has 4 heteroatoms. The number of hydrogen-bond acceptors (Lipinski definition) is 4. The standard InChI is InChI=1S/C16H22N2O2/c1-12-5-6-15(20-12)16(13(2)17)19-11-3-4-14-7-9-18-10-8-14/h5-10,13,16H,3-4,11,17H2,1-2H3. The molecule has 108 valence electrons. The van der Waals surface area contributed by atoms with Crippen LogP contribution >= 0.6 is 0 Å². The summed E-state index contributed by atoms with van der Waals surface area (Å²) >= 11 is 0. The summed E-state index contributed by atoms with van der Waals surface area (Å²) < 4.78 is 11.5. The summed E-state index contributed by atoms with van der Waals surface area (Å²) in [4.78, 5) is 4.01. The summed E-state index contributed by atoms with van der Waals surface area (Å²) in [5.74, 6) is 1.69. The van der Waals surface area contributed by atoms with E-state index in [1.54, 1.807) is 0 Å². The van der Waals surface area contributed by atoms with Crippen LogP contribution in [0.2, 0.25) is 0 Å². The molecule has 0 aliphatic rings. The number of aromatic nitrogens is 1. The van der Waals surface area contributed by atoms with Crippen molar-refractivity contribution in [1.82, 2.24) is 4.98 Å². The number of rotatable bonds is 7. The van der Waals surface area contributed by atoms with E-state index >= 15 is 0 Å². The SMILES string of the molecule is Cc1ccc(C(OCCCc2ccncc2)C(C)N)o1. The van der Waals surface area contributed by atoms with Crippen molar-refractivity contribution in [3.63, 3.8) is 0 Å². The van der Waals surface area contributed by atoms with Gasteiger partial charge >= 0.3 is 0 Å². The molecule has 2 unspecified atom stereocenters. The van der Waals surface area contributed by atoms with Crippen molar-refractivity contribution in [1.29, 1.82) is 0 Å². The van der Waals surface area contributed by atoms with Crippen LogP contribution in [-0.2, 0) is 11.2 Å². The molecule has 2 aromatic rings. The second-order valence-corrected chi connectivity index (χ2v) is 5.06. The Labute approximate surface area is 120 Å². The highest BCUT2D eigenvalue weighted by atomic mass is 16.5. The lowest BCUT2D eigenvalue weighted by molar-refractivity contribution is 0.0221. The number of hydrogen-bond donors (Lipinski definition) is 1. The van der Waals surface area contributed by atoms with E-state index in [0.29, 0.717) is 6.61 Å². The van der Waals surface area contributed by atoms with Crippen LogP contribution in [0.4, 0.5) is 0 Å². The van der Waals surface area contributed by atoms with Gasteiger partial charge in [-0.25, -0.2) is 0 Å². The largest absolute Gasteiger partial charge is 0.464 e. The van der Waals surface area contributed by atoms with E-state index in [1.807, 2.05) is 50.5 Å². The average Bonchev–Trinajstić information content (AvgIpc) is 2.85. The van der Waals surface area contributed by atoms with Crippen LogP contribution in [-0.4, -0.2) is 17.6 Å². The fourth-order valence-corrected chi connectivity index (χ4v) is 2.14. The Bertz CT molecular complexity index is 508. The maximum Gasteiger partial charge on any atom is 0.134 e. The van der Waals surface area contributed by atoms with Crippen molar-refractivity contribution in [2.45, 2.75) is 38.8 Å². The van der Waals surface area contributed by atoms with Crippen molar-refractivity contribution >= 4 is 0 Å². The van der Waals surface area contributed by atoms with E-state index in [-0.39, 0.29) is 12.1 Å².